The molecular weight excluding hydrogens is 1120 g/mol. The Hall–Kier alpha value is -4.05. The van der Waals surface area contributed by atoms with Crippen LogP contribution in [0.15, 0.2) is 122 Å². The molecule has 5 unspecified atom stereocenters. The third-order valence-corrected chi connectivity index (χ3v) is 14.6. The minimum Gasteiger partial charge on any atom is -0.463 e. The number of hydrogen-bond acceptors (Lipinski definition) is 14. The first-order valence-electron chi connectivity index (χ1n) is 31.8. The van der Waals surface area contributed by atoms with Crippen LogP contribution in [0.3, 0.4) is 0 Å². The van der Waals surface area contributed by atoms with E-state index in [-0.39, 0.29) is 19.3 Å². The summed E-state index contributed by atoms with van der Waals surface area (Å²) in [7, 11) is -9.80. The summed E-state index contributed by atoms with van der Waals surface area (Å²) >= 11 is 0. The smallest absolute Gasteiger partial charge is 0.463 e. The molecule has 0 aliphatic heterocycles. The highest BCUT2D eigenvalue weighted by Crippen LogP contribution is 2.45. The van der Waals surface area contributed by atoms with Crippen molar-refractivity contribution in [3.63, 3.8) is 0 Å². The Morgan fingerprint density at radius 1 is 0.341 bits per heavy atom. The van der Waals surface area contributed by atoms with E-state index in [1.54, 1.807) is 0 Å². The van der Waals surface area contributed by atoms with Crippen LogP contribution in [0, 0.1) is 0 Å². The van der Waals surface area contributed by atoms with E-state index in [0.29, 0.717) is 25.7 Å². The number of unbranched alkanes of at least 4 members (excludes halogenated alkanes) is 16. The summed E-state index contributed by atoms with van der Waals surface area (Å²) in [4.78, 5) is 58.2. The Morgan fingerprint density at radius 2 is 0.647 bits per heavy atom. The number of esters is 3. The lowest BCUT2D eigenvalue weighted by Gasteiger charge is -2.21. The van der Waals surface area contributed by atoms with Crippen molar-refractivity contribution >= 4 is 33.6 Å². The fourth-order valence-electron chi connectivity index (χ4n) is 7.77. The average molecular weight is 1240 g/mol. The number of carbonyl (C=O) groups is 3. The molecule has 0 fully saturated rings. The lowest BCUT2D eigenvalue weighted by molar-refractivity contribution is -0.161. The van der Waals surface area contributed by atoms with Crippen LogP contribution < -0.4 is 0 Å². The van der Waals surface area contributed by atoms with Gasteiger partial charge in [0.1, 0.15) is 25.4 Å². The molecule has 0 saturated heterocycles. The van der Waals surface area contributed by atoms with Crippen molar-refractivity contribution in [2.45, 2.75) is 245 Å². The number of carbonyl (C=O) groups excluding carboxylic acids is 3. The van der Waals surface area contributed by atoms with Gasteiger partial charge in [0.05, 0.1) is 26.4 Å². The summed E-state index contributed by atoms with van der Waals surface area (Å²) in [5.74, 6) is -1.70. The molecular formula is C67H112O16P2. The number of rotatable bonds is 59. The predicted molar refractivity (Wildman–Crippen MR) is 343 cm³/mol. The molecule has 85 heavy (non-hydrogen) atoms. The summed E-state index contributed by atoms with van der Waals surface area (Å²) in [5.41, 5.74) is 0. The van der Waals surface area contributed by atoms with Crippen molar-refractivity contribution < 1.29 is 75.8 Å². The highest BCUT2D eigenvalue weighted by Gasteiger charge is 2.29. The molecule has 5 atom stereocenters. The van der Waals surface area contributed by atoms with Crippen molar-refractivity contribution in [1.82, 2.24) is 0 Å². The summed E-state index contributed by atoms with van der Waals surface area (Å²) in [6.07, 6.45) is 67.0. The summed E-state index contributed by atoms with van der Waals surface area (Å²) in [6.45, 7) is 2.35. The highest BCUT2D eigenvalue weighted by molar-refractivity contribution is 7.47. The van der Waals surface area contributed by atoms with E-state index in [9.17, 15) is 43.5 Å². The van der Waals surface area contributed by atoms with Crippen LogP contribution in [0.1, 0.15) is 226 Å². The quantitative estimate of drug-likeness (QED) is 0.0146. The molecule has 0 aromatic rings. The van der Waals surface area contributed by atoms with Gasteiger partial charge in [-0.15, -0.1) is 0 Å². The first-order valence-corrected chi connectivity index (χ1v) is 34.8. The van der Waals surface area contributed by atoms with Gasteiger partial charge in [-0.05, 0) is 122 Å². The van der Waals surface area contributed by atoms with Crippen molar-refractivity contribution in [3.8, 4) is 0 Å². The fraction of sp³-hybridized carbons (Fsp3) is 0.657. The third kappa shape index (κ3) is 61.4. The maximum Gasteiger partial charge on any atom is 0.472 e. The van der Waals surface area contributed by atoms with Gasteiger partial charge in [-0.3, -0.25) is 32.5 Å². The van der Waals surface area contributed by atoms with E-state index < -0.39 is 91.5 Å². The monoisotopic (exact) mass is 1230 g/mol. The van der Waals surface area contributed by atoms with Crippen molar-refractivity contribution in [3.05, 3.63) is 122 Å². The molecule has 0 heterocycles. The third-order valence-electron chi connectivity index (χ3n) is 12.7. The van der Waals surface area contributed by atoms with Crippen LogP contribution in [0.25, 0.3) is 0 Å². The van der Waals surface area contributed by atoms with Gasteiger partial charge in [-0.25, -0.2) is 9.13 Å². The molecule has 0 radical (unpaired) electrons. The Kier molecular flexibility index (Phi) is 57.4. The maximum atomic E-state index is 12.9. The van der Waals surface area contributed by atoms with Gasteiger partial charge < -0.3 is 34.2 Å². The van der Waals surface area contributed by atoms with Gasteiger partial charge in [-0.1, -0.05) is 206 Å². The maximum absolute atomic E-state index is 12.9. The SMILES string of the molecule is CC/C=C\C/C=C\C/C=C\C/C=C\C/C=C\C/C=C\CCC(=O)OCC(O)COP(=O)(O)OCC(O)COP(=O)(O)OCC(COC(=O)CCCCCCC/C=C\C/C=C\CCCCC)OC(=O)CCCCCCC/C=C\C/C=C\CCCCC. The fourth-order valence-corrected chi connectivity index (χ4v) is 9.36. The highest BCUT2D eigenvalue weighted by atomic mass is 31.2. The second-order valence-electron chi connectivity index (χ2n) is 20.8. The minimum atomic E-state index is -4.93. The molecule has 0 aliphatic carbocycles. The number of hydrogen-bond donors (Lipinski definition) is 4. The van der Waals surface area contributed by atoms with Crippen LogP contribution in [0.4, 0.5) is 0 Å². The number of phosphoric acid groups is 2. The van der Waals surface area contributed by atoms with Gasteiger partial charge in [0.15, 0.2) is 6.10 Å². The Balaban J connectivity index is 4.77. The molecule has 0 aromatic carbocycles. The Morgan fingerprint density at radius 3 is 1.06 bits per heavy atom. The summed E-state index contributed by atoms with van der Waals surface area (Å²) < 4.78 is 60.6. The zero-order chi connectivity index (χ0) is 62.4. The molecule has 0 bridgehead atoms. The lowest BCUT2D eigenvalue weighted by Crippen LogP contribution is -2.30. The molecule has 0 amide bonds. The lowest BCUT2D eigenvalue weighted by atomic mass is 10.1. The molecule has 0 aromatic heterocycles. The van der Waals surface area contributed by atoms with Crippen LogP contribution in [0.5, 0.6) is 0 Å². The van der Waals surface area contributed by atoms with E-state index in [1.807, 2.05) is 18.2 Å². The zero-order valence-electron chi connectivity index (χ0n) is 52.2. The van der Waals surface area contributed by atoms with Crippen molar-refractivity contribution in [2.24, 2.45) is 0 Å². The predicted octanol–water partition coefficient (Wildman–Crippen LogP) is 17.1. The molecule has 0 aliphatic rings. The van der Waals surface area contributed by atoms with E-state index >= 15 is 0 Å². The second kappa shape index (κ2) is 60.2. The van der Waals surface area contributed by atoms with Gasteiger partial charge >= 0.3 is 33.6 Å². The van der Waals surface area contributed by atoms with Gasteiger partial charge in [-0.2, -0.15) is 0 Å². The number of aliphatic hydroxyl groups excluding tert-OH is 2. The van der Waals surface area contributed by atoms with Gasteiger partial charge in [0.25, 0.3) is 0 Å². The van der Waals surface area contributed by atoms with Crippen LogP contribution in [-0.2, 0) is 55.8 Å². The van der Waals surface area contributed by atoms with E-state index in [4.69, 9.17) is 32.3 Å². The van der Waals surface area contributed by atoms with E-state index in [0.717, 1.165) is 122 Å². The number of ether oxygens (including phenoxy) is 3. The molecule has 4 N–H and O–H groups in total. The molecule has 0 spiro atoms. The van der Waals surface area contributed by atoms with E-state index in [2.05, 4.69) is 124 Å². The van der Waals surface area contributed by atoms with Gasteiger partial charge in [0, 0.05) is 19.3 Å². The standard InChI is InChI=1S/C67H112O16P2/c1-4-7-10-13-16-19-22-25-28-29-30-31-34-36-38-41-44-47-50-53-65(70)77-56-62(68)57-79-84(73,74)80-58-63(69)59-81-85(75,76)82-61-64(83-67(72)55-52-49-46-43-40-37-33-27-24-21-18-15-12-9-6-3)60-78-66(71)54-51-48-45-42-39-35-32-26-23-20-17-14-11-8-5-2/h7,10,16-21,25-28,30-33,36,38,44,47,62-64,68-69H,4-6,8-9,11-15,22-24,29,34-35,37,39-43,45-46,48-61H2,1-3H3,(H,73,74)(H,75,76)/b10-7-,19-16-,20-17-,21-18-,28-25-,31-30-,32-26-,33-27-,38-36-,47-44-. The average Bonchev–Trinajstić information content (AvgIpc) is 3.52. The first-order chi connectivity index (χ1) is 41.2. The normalized spacial score (nSPS) is 15.1. The zero-order valence-corrected chi connectivity index (χ0v) is 54.0. The van der Waals surface area contributed by atoms with E-state index in [1.165, 1.54) is 38.5 Å². The van der Waals surface area contributed by atoms with Crippen molar-refractivity contribution in [2.75, 3.05) is 39.6 Å². The number of aliphatic hydroxyl groups is 2. The summed E-state index contributed by atoms with van der Waals surface area (Å²) in [5, 5.41) is 20.5. The van der Waals surface area contributed by atoms with Crippen LogP contribution >= 0.6 is 15.6 Å². The first kappa shape index (κ1) is 81.0. The molecule has 0 rings (SSSR count). The number of allylic oxidation sites excluding steroid dienone is 20. The molecule has 18 heteroatoms. The largest absolute Gasteiger partial charge is 0.472 e. The Labute approximate surface area is 512 Å². The molecule has 0 saturated carbocycles. The minimum absolute atomic E-state index is 0.0567. The van der Waals surface area contributed by atoms with Crippen LogP contribution in [0.2, 0.25) is 0 Å². The van der Waals surface area contributed by atoms with Crippen molar-refractivity contribution in [1.29, 1.82) is 0 Å². The number of phosphoric ester groups is 2. The van der Waals surface area contributed by atoms with Crippen LogP contribution in [-0.4, -0.2) is 95.9 Å². The Bertz CT molecular complexity index is 2040. The molecule has 16 nitrogen and oxygen atoms in total. The molecule has 486 valence electrons. The topological polar surface area (TPSA) is 231 Å². The second-order valence-corrected chi connectivity index (χ2v) is 23.7. The van der Waals surface area contributed by atoms with Gasteiger partial charge in [0.2, 0.25) is 0 Å². The summed E-state index contributed by atoms with van der Waals surface area (Å²) in [6, 6.07) is 0.